The van der Waals surface area contributed by atoms with E-state index in [4.69, 9.17) is 13.3 Å². The highest BCUT2D eigenvalue weighted by atomic mass is 32.2. The van der Waals surface area contributed by atoms with Crippen LogP contribution in [0.15, 0.2) is 30.6 Å². The zero-order valence-corrected chi connectivity index (χ0v) is 17.4. The van der Waals surface area contributed by atoms with Crippen molar-refractivity contribution in [3.63, 3.8) is 0 Å². The van der Waals surface area contributed by atoms with Crippen LogP contribution in [0.5, 0.6) is 0 Å². The first-order valence-corrected chi connectivity index (χ1v) is 11.4. The fourth-order valence-corrected chi connectivity index (χ4v) is 3.07. The Morgan fingerprint density at radius 1 is 0.731 bits per heavy atom. The van der Waals surface area contributed by atoms with E-state index < -0.39 is 11.4 Å². The van der Waals surface area contributed by atoms with Gasteiger partial charge in [0, 0.05) is 18.6 Å². The third-order valence-corrected chi connectivity index (χ3v) is 4.55. The summed E-state index contributed by atoms with van der Waals surface area (Å²) in [7, 11) is 0. The van der Waals surface area contributed by atoms with Gasteiger partial charge in [0.1, 0.15) is 6.54 Å². The molecule has 0 aliphatic carbocycles. The van der Waals surface area contributed by atoms with Crippen LogP contribution in [0.3, 0.4) is 0 Å². The van der Waals surface area contributed by atoms with Gasteiger partial charge in [-0.2, -0.15) is 0 Å². The largest absolute Gasteiger partial charge is 0.750 e. The number of aromatic nitrogens is 1. The van der Waals surface area contributed by atoms with E-state index in [9.17, 15) is 0 Å². The second-order valence-corrected chi connectivity index (χ2v) is 7.36. The van der Waals surface area contributed by atoms with Crippen LogP contribution in [0.25, 0.3) is 0 Å². The fourth-order valence-electron chi connectivity index (χ4n) is 3.07. The molecule has 1 atom stereocenters. The topological polar surface area (TPSA) is 64.2 Å². The van der Waals surface area contributed by atoms with Crippen LogP contribution in [0, 0.1) is 0 Å². The Morgan fingerprint density at radius 3 is 1.46 bits per heavy atom. The number of rotatable bonds is 15. The maximum atomic E-state index is 8.56. The molecule has 1 unspecified atom stereocenters. The monoisotopic (exact) mass is 385 g/mol. The maximum absolute atomic E-state index is 8.56. The summed E-state index contributed by atoms with van der Waals surface area (Å²) < 4.78 is 26.4. The minimum atomic E-state index is -2.86. The van der Waals surface area contributed by atoms with Crippen LogP contribution < -0.4 is 4.57 Å². The van der Waals surface area contributed by atoms with Gasteiger partial charge in [-0.05, 0) is 6.42 Å². The van der Waals surface area contributed by atoms with Gasteiger partial charge in [-0.15, -0.1) is 0 Å². The maximum Gasteiger partial charge on any atom is 0.168 e. The number of aryl methyl sites for hydroxylation is 1. The molecule has 1 aromatic rings. The Balaban J connectivity index is 0.00000141. The zero-order valence-electron chi connectivity index (χ0n) is 16.6. The molecule has 152 valence electrons. The summed E-state index contributed by atoms with van der Waals surface area (Å²) in [5.41, 5.74) is 0. The molecule has 1 N–H and O–H groups in total. The molecule has 1 heterocycles. The van der Waals surface area contributed by atoms with Gasteiger partial charge in [-0.3, -0.25) is 0 Å². The van der Waals surface area contributed by atoms with Crippen molar-refractivity contribution in [3.05, 3.63) is 30.6 Å². The first kappa shape index (κ1) is 25.2. The molecule has 26 heavy (non-hydrogen) atoms. The van der Waals surface area contributed by atoms with Crippen molar-refractivity contribution in [2.75, 3.05) is 0 Å². The predicted molar refractivity (Wildman–Crippen MR) is 108 cm³/mol. The molecule has 0 bridgehead atoms. The van der Waals surface area contributed by atoms with Gasteiger partial charge >= 0.3 is 0 Å². The summed E-state index contributed by atoms with van der Waals surface area (Å²) >= 11 is -2.86. The van der Waals surface area contributed by atoms with Gasteiger partial charge in [0.15, 0.2) is 12.4 Å². The zero-order chi connectivity index (χ0) is 19.3. The molecular weight excluding hydrogens is 346 g/mol. The van der Waals surface area contributed by atoms with E-state index in [1.54, 1.807) is 0 Å². The van der Waals surface area contributed by atoms with Gasteiger partial charge in [0.2, 0.25) is 0 Å². The highest BCUT2D eigenvalue weighted by molar-refractivity contribution is 7.73. The van der Waals surface area contributed by atoms with Crippen molar-refractivity contribution in [2.24, 2.45) is 0 Å². The van der Waals surface area contributed by atoms with E-state index in [0.717, 1.165) is 0 Å². The molecule has 0 spiro atoms. The fraction of sp³-hybridized carbons (Fsp3) is 0.762. The lowest BCUT2D eigenvalue weighted by Gasteiger charge is -2.02. The minimum Gasteiger partial charge on any atom is -0.750 e. The summed E-state index contributed by atoms with van der Waals surface area (Å²) in [6, 6.07) is 6.31. The van der Waals surface area contributed by atoms with E-state index in [1.165, 1.54) is 96.4 Å². The lowest BCUT2D eigenvalue weighted by molar-refractivity contribution is -0.697. The number of hydrogen-bond donors (Lipinski definition) is 1. The number of pyridine rings is 1. The lowest BCUT2D eigenvalue weighted by atomic mass is 10.0. The van der Waals surface area contributed by atoms with Crippen molar-refractivity contribution in [2.45, 2.75) is 103 Å². The summed E-state index contributed by atoms with van der Waals surface area (Å²) in [5.74, 6) is 0. The number of nitrogens with zero attached hydrogens (tertiary/aromatic N) is 1. The standard InChI is InChI=1S/C21H38N.H2O3S/c1-2-3-4-5-6-7-8-9-10-11-12-13-14-16-19-22-20-17-15-18-21-22;1-4(2)3/h15,17-18,20-21H,2-14,16,19H2,1H3;(H2,1,2,3)/q+1;/p-1. The molecule has 0 radical (unpaired) electrons. The van der Waals surface area contributed by atoms with Crippen LogP contribution in [0.1, 0.15) is 96.8 Å². The molecular formula is C21H39NO3S. The van der Waals surface area contributed by atoms with E-state index in [-0.39, 0.29) is 0 Å². The minimum absolute atomic E-state index is 1.18. The normalized spacial score (nSPS) is 11.7. The number of hydrogen-bond acceptors (Lipinski definition) is 2. The van der Waals surface area contributed by atoms with E-state index in [1.807, 2.05) is 0 Å². The highest BCUT2D eigenvalue weighted by Gasteiger charge is 1.98. The van der Waals surface area contributed by atoms with Crippen molar-refractivity contribution < 1.29 is 17.9 Å². The summed E-state index contributed by atoms with van der Waals surface area (Å²) in [4.78, 5) is 0. The SMILES string of the molecule is CCCCCCCCCCCCCCCC[n+]1ccccc1.O=S([O-])O. The van der Waals surface area contributed by atoms with Crippen molar-refractivity contribution in [3.8, 4) is 0 Å². The Hall–Kier alpha value is -0.780. The van der Waals surface area contributed by atoms with Crippen LogP contribution >= 0.6 is 0 Å². The quantitative estimate of drug-likeness (QED) is 0.236. The third kappa shape index (κ3) is 21.3. The van der Waals surface area contributed by atoms with Crippen molar-refractivity contribution in [1.82, 2.24) is 0 Å². The molecule has 4 nitrogen and oxygen atoms in total. The van der Waals surface area contributed by atoms with Gasteiger partial charge < -0.3 is 9.11 Å². The molecule has 0 aliphatic rings. The Bertz CT molecular complexity index is 411. The molecule has 1 rings (SSSR count). The second-order valence-electron chi connectivity index (χ2n) is 6.93. The first-order chi connectivity index (χ1) is 12.7. The Kier molecular flexibility index (Phi) is 19.9. The highest BCUT2D eigenvalue weighted by Crippen LogP contribution is 2.12. The molecule has 0 aliphatic heterocycles. The van der Waals surface area contributed by atoms with Crippen LogP contribution in [-0.4, -0.2) is 13.3 Å². The second kappa shape index (κ2) is 20.5. The first-order valence-electron chi connectivity index (χ1n) is 10.4. The molecule has 5 heteroatoms. The molecule has 1 aromatic heterocycles. The Labute approximate surface area is 163 Å². The van der Waals surface area contributed by atoms with Crippen LogP contribution in [-0.2, 0) is 17.9 Å². The molecule has 0 amide bonds. The van der Waals surface area contributed by atoms with Crippen molar-refractivity contribution >= 4 is 11.4 Å². The van der Waals surface area contributed by atoms with Gasteiger partial charge in [-0.1, -0.05) is 90.0 Å². The van der Waals surface area contributed by atoms with Gasteiger partial charge in [0.25, 0.3) is 0 Å². The molecule has 0 aromatic carbocycles. The van der Waals surface area contributed by atoms with Gasteiger partial charge in [0.05, 0.1) is 11.4 Å². The summed E-state index contributed by atoms with van der Waals surface area (Å²) in [6.45, 7) is 3.47. The van der Waals surface area contributed by atoms with Gasteiger partial charge in [-0.25, -0.2) is 8.78 Å². The molecule has 0 saturated heterocycles. The third-order valence-electron chi connectivity index (χ3n) is 4.55. The number of unbranched alkanes of at least 4 members (excludes halogenated alkanes) is 13. The van der Waals surface area contributed by atoms with E-state index in [2.05, 4.69) is 42.1 Å². The Morgan fingerprint density at radius 2 is 1.08 bits per heavy atom. The van der Waals surface area contributed by atoms with E-state index >= 15 is 0 Å². The van der Waals surface area contributed by atoms with Crippen LogP contribution in [0.4, 0.5) is 0 Å². The average Bonchev–Trinajstić information content (AvgIpc) is 2.62. The molecule has 0 saturated carbocycles. The van der Waals surface area contributed by atoms with Crippen LogP contribution in [0.2, 0.25) is 0 Å². The smallest absolute Gasteiger partial charge is 0.168 e. The van der Waals surface area contributed by atoms with E-state index in [0.29, 0.717) is 0 Å². The lowest BCUT2D eigenvalue weighted by Crippen LogP contribution is -2.32. The average molecular weight is 386 g/mol. The summed E-state index contributed by atoms with van der Waals surface area (Å²) in [5, 5.41) is 0. The molecule has 0 fully saturated rings. The predicted octanol–water partition coefficient (Wildman–Crippen LogP) is 5.79. The van der Waals surface area contributed by atoms with Crippen molar-refractivity contribution in [1.29, 1.82) is 0 Å². The summed E-state index contributed by atoms with van der Waals surface area (Å²) in [6.07, 6.45) is 24.4.